The Kier molecular flexibility index (Phi) is 6.53. The number of amides is 1. The highest BCUT2D eigenvalue weighted by Gasteiger charge is 2.23. The predicted molar refractivity (Wildman–Crippen MR) is 110 cm³/mol. The van der Waals surface area contributed by atoms with Crippen molar-refractivity contribution in [2.24, 2.45) is 5.14 Å². The maximum absolute atomic E-state index is 12.3. The molecular formula is C21H22N2O6S. The average molecular weight is 430 g/mol. The molecule has 0 saturated heterocycles. The topological polar surface area (TPSA) is 125 Å². The van der Waals surface area contributed by atoms with Crippen LogP contribution >= 0.6 is 0 Å². The van der Waals surface area contributed by atoms with E-state index in [1.807, 2.05) is 24.3 Å². The van der Waals surface area contributed by atoms with Gasteiger partial charge in [-0.15, -0.1) is 0 Å². The average Bonchev–Trinajstić information content (AvgIpc) is 2.73. The van der Waals surface area contributed by atoms with Crippen molar-refractivity contribution in [1.29, 1.82) is 0 Å². The SMILES string of the molecule is CC(OC(=O)C1=Cc2ccccc2OC1)C(=O)NCCc1ccc(S(N)(=O)=O)cc1. The maximum Gasteiger partial charge on any atom is 0.338 e. The number of para-hydroxylation sites is 1. The molecule has 1 aliphatic rings. The summed E-state index contributed by atoms with van der Waals surface area (Å²) in [6.07, 6.45) is 1.20. The molecule has 1 amide bonds. The number of sulfonamides is 1. The van der Waals surface area contributed by atoms with Crippen LogP contribution in [0.2, 0.25) is 0 Å². The molecule has 8 nitrogen and oxygen atoms in total. The molecule has 1 unspecified atom stereocenters. The zero-order valence-electron chi connectivity index (χ0n) is 16.3. The summed E-state index contributed by atoms with van der Waals surface area (Å²) in [6, 6.07) is 13.4. The molecule has 3 N–H and O–H groups in total. The quantitative estimate of drug-likeness (QED) is 0.640. The second-order valence-corrected chi connectivity index (χ2v) is 8.34. The molecule has 3 rings (SSSR count). The molecule has 158 valence electrons. The van der Waals surface area contributed by atoms with E-state index >= 15 is 0 Å². The predicted octanol–water partition coefficient (Wildman–Crippen LogP) is 1.40. The van der Waals surface area contributed by atoms with Crippen molar-refractivity contribution < 1.29 is 27.5 Å². The highest BCUT2D eigenvalue weighted by atomic mass is 32.2. The van der Waals surface area contributed by atoms with Gasteiger partial charge in [-0.25, -0.2) is 18.4 Å². The van der Waals surface area contributed by atoms with Crippen LogP contribution < -0.4 is 15.2 Å². The molecule has 0 saturated carbocycles. The number of fused-ring (bicyclic) bond motifs is 1. The van der Waals surface area contributed by atoms with Crippen LogP contribution in [-0.2, 0) is 30.8 Å². The van der Waals surface area contributed by atoms with Crippen molar-refractivity contribution in [2.75, 3.05) is 13.2 Å². The van der Waals surface area contributed by atoms with Crippen molar-refractivity contribution in [1.82, 2.24) is 5.32 Å². The van der Waals surface area contributed by atoms with Crippen LogP contribution in [0.25, 0.3) is 6.08 Å². The Morgan fingerprint density at radius 1 is 1.17 bits per heavy atom. The van der Waals surface area contributed by atoms with E-state index in [1.54, 1.807) is 18.2 Å². The molecule has 0 radical (unpaired) electrons. The van der Waals surface area contributed by atoms with Gasteiger partial charge in [0.25, 0.3) is 5.91 Å². The van der Waals surface area contributed by atoms with Gasteiger partial charge in [0.05, 0.1) is 10.5 Å². The summed E-state index contributed by atoms with van der Waals surface area (Å²) in [5.41, 5.74) is 1.94. The van der Waals surface area contributed by atoms with Gasteiger partial charge in [-0.3, -0.25) is 4.79 Å². The summed E-state index contributed by atoms with van der Waals surface area (Å²) in [6.45, 7) is 1.87. The van der Waals surface area contributed by atoms with Gasteiger partial charge in [0.15, 0.2) is 6.10 Å². The normalized spacial score (nSPS) is 14.0. The Balaban J connectivity index is 1.48. The second-order valence-electron chi connectivity index (χ2n) is 6.77. The lowest BCUT2D eigenvalue weighted by Crippen LogP contribution is -2.37. The van der Waals surface area contributed by atoms with Crippen LogP contribution in [0.15, 0.2) is 59.0 Å². The highest BCUT2D eigenvalue weighted by molar-refractivity contribution is 7.89. The first-order valence-corrected chi connectivity index (χ1v) is 10.8. The fourth-order valence-corrected chi connectivity index (χ4v) is 3.36. The van der Waals surface area contributed by atoms with Gasteiger partial charge in [0.2, 0.25) is 10.0 Å². The zero-order chi connectivity index (χ0) is 21.7. The van der Waals surface area contributed by atoms with Crippen molar-refractivity contribution in [3.8, 4) is 5.75 Å². The van der Waals surface area contributed by atoms with E-state index in [1.165, 1.54) is 19.1 Å². The summed E-state index contributed by atoms with van der Waals surface area (Å²) in [5, 5.41) is 7.75. The number of benzene rings is 2. The lowest BCUT2D eigenvalue weighted by molar-refractivity contribution is -0.151. The third-order valence-corrected chi connectivity index (χ3v) is 5.44. The summed E-state index contributed by atoms with van der Waals surface area (Å²) < 4.78 is 33.3. The Morgan fingerprint density at radius 3 is 2.57 bits per heavy atom. The monoisotopic (exact) mass is 430 g/mol. The second kappa shape index (κ2) is 9.10. The number of carbonyl (C=O) groups is 2. The fourth-order valence-electron chi connectivity index (χ4n) is 2.84. The van der Waals surface area contributed by atoms with Gasteiger partial charge in [0.1, 0.15) is 12.4 Å². The summed E-state index contributed by atoms with van der Waals surface area (Å²) in [7, 11) is -3.73. The number of carbonyl (C=O) groups excluding carboxylic acids is 2. The first kappa shape index (κ1) is 21.5. The van der Waals surface area contributed by atoms with Crippen LogP contribution in [0.1, 0.15) is 18.1 Å². The Hall–Kier alpha value is -3.17. The van der Waals surface area contributed by atoms with E-state index in [2.05, 4.69) is 5.32 Å². The van der Waals surface area contributed by atoms with Crippen LogP contribution in [0.3, 0.4) is 0 Å². The standard InChI is InChI=1S/C21H22N2O6S/c1-14(29-21(25)17-12-16-4-2-3-5-19(16)28-13-17)20(24)23-11-10-15-6-8-18(9-7-15)30(22,26)27/h2-9,12,14H,10-11,13H2,1H3,(H,23,24)(H2,22,26,27). The number of esters is 1. The van der Waals surface area contributed by atoms with Crippen LogP contribution in [0.5, 0.6) is 5.75 Å². The van der Waals surface area contributed by atoms with Gasteiger partial charge in [-0.1, -0.05) is 30.3 Å². The number of nitrogens with one attached hydrogen (secondary N) is 1. The minimum absolute atomic E-state index is 0.0273. The van der Waals surface area contributed by atoms with Crippen LogP contribution in [0, 0.1) is 0 Å². The largest absolute Gasteiger partial charge is 0.488 e. The van der Waals surface area contributed by atoms with E-state index in [-0.39, 0.29) is 11.5 Å². The minimum Gasteiger partial charge on any atom is -0.488 e. The van der Waals surface area contributed by atoms with Crippen molar-refractivity contribution in [3.63, 3.8) is 0 Å². The van der Waals surface area contributed by atoms with Gasteiger partial charge in [0, 0.05) is 12.1 Å². The lowest BCUT2D eigenvalue weighted by atomic mass is 10.1. The number of hydrogen-bond donors (Lipinski definition) is 2. The molecule has 1 heterocycles. The summed E-state index contributed by atoms with van der Waals surface area (Å²) in [5.74, 6) is -0.343. The molecule has 0 fully saturated rings. The van der Waals surface area contributed by atoms with Crippen molar-refractivity contribution in [2.45, 2.75) is 24.3 Å². The summed E-state index contributed by atoms with van der Waals surface area (Å²) in [4.78, 5) is 24.5. The summed E-state index contributed by atoms with van der Waals surface area (Å²) >= 11 is 0. The molecule has 0 aliphatic carbocycles. The van der Waals surface area contributed by atoms with Gasteiger partial charge >= 0.3 is 5.97 Å². The molecule has 0 spiro atoms. The van der Waals surface area contributed by atoms with Gasteiger partial charge < -0.3 is 14.8 Å². The smallest absolute Gasteiger partial charge is 0.338 e. The highest BCUT2D eigenvalue weighted by Crippen LogP contribution is 2.26. The number of nitrogens with two attached hydrogens (primary N) is 1. The Bertz CT molecular complexity index is 1080. The Labute approximate surface area is 174 Å². The van der Waals surface area contributed by atoms with Crippen molar-refractivity contribution in [3.05, 3.63) is 65.2 Å². The molecule has 0 aromatic heterocycles. The molecule has 2 aromatic rings. The van der Waals surface area contributed by atoms with E-state index in [9.17, 15) is 18.0 Å². The van der Waals surface area contributed by atoms with Gasteiger partial charge in [-0.2, -0.15) is 0 Å². The van der Waals surface area contributed by atoms with Crippen molar-refractivity contribution >= 4 is 28.0 Å². The zero-order valence-corrected chi connectivity index (χ0v) is 17.1. The third kappa shape index (κ3) is 5.46. The van der Waals surface area contributed by atoms with Crippen LogP contribution in [0.4, 0.5) is 0 Å². The molecular weight excluding hydrogens is 408 g/mol. The first-order valence-electron chi connectivity index (χ1n) is 9.27. The Morgan fingerprint density at radius 2 is 1.87 bits per heavy atom. The molecule has 1 aliphatic heterocycles. The lowest BCUT2D eigenvalue weighted by Gasteiger charge is -2.19. The third-order valence-electron chi connectivity index (χ3n) is 4.51. The van der Waals surface area contributed by atoms with Crippen LogP contribution in [-0.4, -0.2) is 39.5 Å². The fraction of sp³-hybridized carbons (Fsp3) is 0.238. The number of hydrogen-bond acceptors (Lipinski definition) is 6. The number of ether oxygens (including phenoxy) is 2. The molecule has 0 bridgehead atoms. The number of primary sulfonamides is 1. The maximum atomic E-state index is 12.3. The molecule has 1 atom stereocenters. The van der Waals surface area contributed by atoms with Gasteiger partial charge in [-0.05, 0) is 43.2 Å². The first-order chi connectivity index (χ1) is 14.2. The van der Waals surface area contributed by atoms with E-state index in [0.29, 0.717) is 24.3 Å². The number of rotatable bonds is 7. The van der Waals surface area contributed by atoms with E-state index in [4.69, 9.17) is 14.6 Å². The van der Waals surface area contributed by atoms with E-state index in [0.717, 1.165) is 11.1 Å². The molecule has 2 aromatic carbocycles. The molecule has 30 heavy (non-hydrogen) atoms. The molecule has 9 heteroatoms. The minimum atomic E-state index is -3.73. The van der Waals surface area contributed by atoms with E-state index < -0.39 is 28.0 Å².